The number of carboxylic acid groups (broad SMARTS) is 3. The molecule has 6 N–H and O–H groups in total. The Morgan fingerprint density at radius 1 is 0.550 bits per heavy atom. The lowest BCUT2D eigenvalue weighted by Crippen LogP contribution is -2.32. The normalized spacial score (nSPS) is 15.2. The molecule has 0 aliphatic carbocycles. The van der Waals surface area contributed by atoms with Crippen molar-refractivity contribution in [2.75, 3.05) is 13.2 Å². The molecule has 4 atom stereocenters. The molecule has 0 amide bonds. The molecular formula is C31H62O9. The SMILES string of the molecule is CCC(CCCCC(O)C(C)(CCCCC(CC)C(=O)O)CCCCC(CC)C(=O)O)C(=O)O.CCO.CCO. The molecule has 0 aromatic heterocycles. The van der Waals surface area contributed by atoms with Gasteiger partial charge in [-0.3, -0.25) is 14.4 Å². The summed E-state index contributed by atoms with van der Waals surface area (Å²) >= 11 is 0. The number of carboxylic acids is 3. The van der Waals surface area contributed by atoms with Crippen LogP contribution in [0.5, 0.6) is 0 Å². The summed E-state index contributed by atoms with van der Waals surface area (Å²) in [5.74, 6) is -3.23. The van der Waals surface area contributed by atoms with E-state index in [1.165, 1.54) is 0 Å². The van der Waals surface area contributed by atoms with Gasteiger partial charge in [0.1, 0.15) is 0 Å². The first-order valence-corrected chi connectivity index (χ1v) is 15.4. The van der Waals surface area contributed by atoms with E-state index in [0.717, 1.165) is 51.4 Å². The summed E-state index contributed by atoms with van der Waals surface area (Å²) in [4.78, 5) is 33.8. The van der Waals surface area contributed by atoms with Crippen LogP contribution in [0.2, 0.25) is 0 Å². The van der Waals surface area contributed by atoms with Gasteiger partial charge in [0, 0.05) is 13.2 Å². The Morgan fingerprint density at radius 2 is 0.800 bits per heavy atom. The standard InChI is InChI=1S/C27H50O7.2C2H6O/c1-5-20(24(29)30)14-8-9-17-23(28)27(4,18-12-10-15-21(6-2)25(31)32)19-13-11-16-22(7-3)26(33)34;2*1-2-3/h20-23,28H,5-19H2,1-4H3,(H,29,30)(H,31,32)(H,33,34);2*3H,2H2,1H3. The monoisotopic (exact) mass is 578 g/mol. The van der Waals surface area contributed by atoms with Crippen LogP contribution in [-0.4, -0.2) is 67.9 Å². The van der Waals surface area contributed by atoms with Crippen LogP contribution in [0.25, 0.3) is 0 Å². The number of carbonyl (C=O) groups is 3. The molecule has 0 aromatic rings. The molecule has 0 aliphatic rings. The van der Waals surface area contributed by atoms with E-state index in [9.17, 15) is 34.8 Å². The van der Waals surface area contributed by atoms with Crippen LogP contribution < -0.4 is 0 Å². The van der Waals surface area contributed by atoms with Gasteiger partial charge in [0.25, 0.3) is 0 Å². The molecule has 0 rings (SSSR count). The maximum Gasteiger partial charge on any atom is 0.306 e. The fourth-order valence-electron chi connectivity index (χ4n) is 4.88. The van der Waals surface area contributed by atoms with Crippen molar-refractivity contribution in [3.8, 4) is 0 Å². The van der Waals surface area contributed by atoms with Gasteiger partial charge in [-0.2, -0.15) is 0 Å². The Morgan fingerprint density at radius 3 is 1.05 bits per heavy atom. The van der Waals surface area contributed by atoms with E-state index in [0.29, 0.717) is 44.9 Å². The Balaban J connectivity index is -0.00000207. The molecule has 0 radical (unpaired) electrons. The molecule has 9 heteroatoms. The van der Waals surface area contributed by atoms with E-state index in [-0.39, 0.29) is 36.4 Å². The summed E-state index contributed by atoms with van der Waals surface area (Å²) in [5, 5.41) is 54.0. The van der Waals surface area contributed by atoms with Crippen molar-refractivity contribution in [2.24, 2.45) is 23.2 Å². The highest BCUT2D eigenvalue weighted by Gasteiger charge is 2.32. The van der Waals surface area contributed by atoms with Crippen LogP contribution in [0.1, 0.15) is 138 Å². The molecule has 0 aliphatic heterocycles. The molecule has 0 saturated carbocycles. The number of aliphatic hydroxyl groups is 3. The molecule has 40 heavy (non-hydrogen) atoms. The van der Waals surface area contributed by atoms with Gasteiger partial charge in [0.05, 0.1) is 23.9 Å². The number of aliphatic hydroxyl groups excluding tert-OH is 3. The predicted molar refractivity (Wildman–Crippen MR) is 159 cm³/mol. The highest BCUT2D eigenvalue weighted by Crippen LogP contribution is 2.37. The third kappa shape index (κ3) is 22.0. The number of unbranched alkanes of at least 4 members (excludes halogenated alkanes) is 3. The molecule has 0 spiro atoms. The van der Waals surface area contributed by atoms with Crippen LogP contribution in [0.3, 0.4) is 0 Å². The van der Waals surface area contributed by atoms with E-state index < -0.39 is 24.0 Å². The minimum atomic E-state index is -0.758. The topological polar surface area (TPSA) is 173 Å². The van der Waals surface area contributed by atoms with Crippen LogP contribution in [0.15, 0.2) is 0 Å². The van der Waals surface area contributed by atoms with Crippen molar-refractivity contribution in [1.29, 1.82) is 0 Å². The van der Waals surface area contributed by atoms with Crippen molar-refractivity contribution < 1.29 is 45.0 Å². The van der Waals surface area contributed by atoms with Gasteiger partial charge in [-0.25, -0.2) is 0 Å². The van der Waals surface area contributed by atoms with Gasteiger partial charge < -0.3 is 30.6 Å². The minimum absolute atomic E-state index is 0.250. The second kappa shape index (κ2) is 27.5. The Hall–Kier alpha value is -1.71. The summed E-state index contributed by atoms with van der Waals surface area (Å²) in [6, 6.07) is 0. The summed E-state index contributed by atoms with van der Waals surface area (Å²) < 4.78 is 0. The lowest BCUT2D eigenvalue weighted by Gasteiger charge is -2.35. The molecular weight excluding hydrogens is 516 g/mol. The van der Waals surface area contributed by atoms with Crippen LogP contribution in [0, 0.1) is 23.2 Å². The fraction of sp³-hybridized carbons (Fsp3) is 0.903. The Kier molecular flexibility index (Phi) is 29.3. The lowest BCUT2D eigenvalue weighted by atomic mass is 9.73. The number of hydrogen-bond donors (Lipinski definition) is 6. The lowest BCUT2D eigenvalue weighted by molar-refractivity contribution is -0.143. The second-order valence-electron chi connectivity index (χ2n) is 10.9. The molecule has 4 unspecified atom stereocenters. The van der Waals surface area contributed by atoms with E-state index >= 15 is 0 Å². The maximum absolute atomic E-state index is 11.3. The average Bonchev–Trinajstić information content (AvgIpc) is 2.88. The fourth-order valence-corrected chi connectivity index (χ4v) is 4.88. The zero-order valence-corrected chi connectivity index (χ0v) is 26.2. The van der Waals surface area contributed by atoms with Crippen molar-refractivity contribution in [1.82, 2.24) is 0 Å². The van der Waals surface area contributed by atoms with Crippen molar-refractivity contribution >= 4 is 17.9 Å². The first-order valence-electron chi connectivity index (χ1n) is 15.4. The average molecular weight is 579 g/mol. The van der Waals surface area contributed by atoms with Gasteiger partial charge in [-0.15, -0.1) is 0 Å². The first-order chi connectivity index (χ1) is 18.8. The van der Waals surface area contributed by atoms with Crippen molar-refractivity contribution in [3.05, 3.63) is 0 Å². The van der Waals surface area contributed by atoms with Crippen LogP contribution in [-0.2, 0) is 14.4 Å². The van der Waals surface area contributed by atoms with Crippen molar-refractivity contribution in [3.63, 3.8) is 0 Å². The molecule has 0 aromatic carbocycles. The van der Waals surface area contributed by atoms with E-state index in [1.54, 1.807) is 13.8 Å². The smallest absolute Gasteiger partial charge is 0.306 e. The van der Waals surface area contributed by atoms with Gasteiger partial charge in [-0.1, -0.05) is 66.2 Å². The summed E-state index contributed by atoms with van der Waals surface area (Å²) in [7, 11) is 0. The highest BCUT2D eigenvalue weighted by molar-refractivity contribution is 5.70. The van der Waals surface area contributed by atoms with E-state index in [2.05, 4.69) is 6.92 Å². The third-order valence-corrected chi connectivity index (χ3v) is 7.71. The van der Waals surface area contributed by atoms with Gasteiger partial charge >= 0.3 is 17.9 Å². The molecule has 0 bridgehead atoms. The first kappa shape index (κ1) is 42.8. The molecule has 0 saturated heterocycles. The van der Waals surface area contributed by atoms with Gasteiger partial charge in [0.2, 0.25) is 0 Å². The Bertz CT molecular complexity index is 592. The molecule has 0 fully saturated rings. The second-order valence-corrected chi connectivity index (χ2v) is 10.9. The quantitative estimate of drug-likeness (QED) is 0.0798. The highest BCUT2D eigenvalue weighted by atomic mass is 16.4. The van der Waals surface area contributed by atoms with Crippen LogP contribution >= 0.6 is 0 Å². The van der Waals surface area contributed by atoms with Crippen molar-refractivity contribution in [2.45, 2.75) is 144 Å². The number of hydrogen-bond acceptors (Lipinski definition) is 6. The Labute approximate surface area is 243 Å². The van der Waals surface area contributed by atoms with Gasteiger partial charge in [-0.05, 0) is 77.0 Å². The molecule has 0 heterocycles. The number of rotatable bonds is 22. The maximum atomic E-state index is 11.3. The zero-order chi connectivity index (χ0) is 31.6. The minimum Gasteiger partial charge on any atom is -0.481 e. The predicted octanol–water partition coefficient (Wildman–Crippen LogP) is 6.36. The number of aliphatic carboxylic acids is 3. The molecule has 9 nitrogen and oxygen atoms in total. The zero-order valence-electron chi connectivity index (χ0n) is 26.2. The summed E-state index contributed by atoms with van der Waals surface area (Å²) in [5.41, 5.74) is -0.313. The van der Waals surface area contributed by atoms with Crippen LogP contribution in [0.4, 0.5) is 0 Å². The van der Waals surface area contributed by atoms with E-state index in [4.69, 9.17) is 10.2 Å². The van der Waals surface area contributed by atoms with E-state index in [1.807, 2.05) is 20.8 Å². The summed E-state index contributed by atoms with van der Waals surface area (Å²) in [6.07, 6.45) is 10.3. The van der Waals surface area contributed by atoms with Gasteiger partial charge in [0.15, 0.2) is 0 Å². The third-order valence-electron chi connectivity index (χ3n) is 7.71. The summed E-state index contributed by atoms with van der Waals surface area (Å²) in [6.45, 7) is 11.6. The largest absolute Gasteiger partial charge is 0.481 e. The molecule has 240 valence electrons.